The minimum atomic E-state index is 0.239. The predicted octanol–water partition coefficient (Wildman–Crippen LogP) is 4.42. The molecule has 0 amide bonds. The maximum Gasteiger partial charge on any atom is 0.128 e. The molecule has 1 aliphatic rings. The van der Waals surface area contributed by atoms with Crippen LogP contribution in [0.25, 0.3) is 0 Å². The summed E-state index contributed by atoms with van der Waals surface area (Å²) in [5.74, 6) is 1.63. The van der Waals surface area contributed by atoms with Gasteiger partial charge in [0, 0.05) is 28.8 Å². The van der Waals surface area contributed by atoms with E-state index in [0.29, 0.717) is 10.8 Å². The largest absolute Gasteiger partial charge is 0.383 e. The summed E-state index contributed by atoms with van der Waals surface area (Å²) in [5.41, 5.74) is 7.09. The van der Waals surface area contributed by atoms with Crippen LogP contribution in [-0.2, 0) is 0 Å². The highest BCUT2D eigenvalue weighted by Crippen LogP contribution is 2.32. The van der Waals surface area contributed by atoms with Crippen LogP contribution in [0.4, 0.5) is 5.82 Å². The Kier molecular flexibility index (Phi) is 7.14. The fraction of sp³-hybridized carbons (Fsp3) is 0.688. The Morgan fingerprint density at radius 3 is 2.90 bits per heavy atom. The van der Waals surface area contributed by atoms with Crippen molar-refractivity contribution >= 4 is 29.2 Å². The Morgan fingerprint density at radius 1 is 1.43 bits per heavy atom. The number of aromatic nitrogens is 1. The van der Waals surface area contributed by atoms with Crippen molar-refractivity contribution in [3.05, 3.63) is 22.8 Å². The van der Waals surface area contributed by atoms with E-state index in [9.17, 15) is 0 Å². The Morgan fingerprint density at radius 2 is 2.19 bits per heavy atom. The van der Waals surface area contributed by atoms with Crippen molar-refractivity contribution in [1.29, 1.82) is 0 Å². The number of pyridine rings is 1. The SMILES string of the molecule is CCCNC(CSC1CCCCC1)c1cc(Cl)cnc1N. The van der Waals surface area contributed by atoms with Gasteiger partial charge in [-0.25, -0.2) is 4.98 Å². The Bertz CT molecular complexity index is 436. The third kappa shape index (κ3) is 5.35. The lowest BCUT2D eigenvalue weighted by atomic mass is 10.0. The number of anilines is 1. The first kappa shape index (κ1) is 16.9. The molecule has 1 saturated carbocycles. The van der Waals surface area contributed by atoms with Crippen LogP contribution in [0, 0.1) is 0 Å². The number of nitrogens with zero attached hydrogens (tertiary/aromatic N) is 1. The molecule has 1 aliphatic carbocycles. The average Bonchev–Trinajstić information content (AvgIpc) is 2.51. The molecule has 0 radical (unpaired) electrons. The van der Waals surface area contributed by atoms with Gasteiger partial charge in [0.2, 0.25) is 0 Å². The number of nitrogens with two attached hydrogens (primary N) is 1. The van der Waals surface area contributed by atoms with Crippen molar-refractivity contribution in [2.75, 3.05) is 18.0 Å². The van der Waals surface area contributed by atoms with Crippen LogP contribution in [0.15, 0.2) is 12.3 Å². The standard InChI is InChI=1S/C16H26ClN3S/c1-2-8-19-15(11-21-13-6-4-3-5-7-13)14-9-12(17)10-20-16(14)18/h9-10,13,15,19H,2-8,11H2,1H3,(H2,18,20). The molecule has 118 valence electrons. The zero-order valence-corrected chi connectivity index (χ0v) is 14.3. The third-order valence-corrected chi connectivity index (χ3v) is 5.66. The Labute approximate surface area is 137 Å². The molecule has 1 atom stereocenters. The fourth-order valence-corrected chi connectivity index (χ4v) is 4.38. The molecular formula is C16H26ClN3S. The van der Waals surface area contributed by atoms with Crippen molar-refractivity contribution < 1.29 is 0 Å². The Hall–Kier alpha value is -0.450. The lowest BCUT2D eigenvalue weighted by Gasteiger charge is -2.25. The molecular weight excluding hydrogens is 302 g/mol. The summed E-state index contributed by atoms with van der Waals surface area (Å²) >= 11 is 8.17. The fourth-order valence-electron chi connectivity index (χ4n) is 2.79. The van der Waals surface area contributed by atoms with Crippen LogP contribution < -0.4 is 11.1 Å². The molecule has 0 saturated heterocycles. The minimum absolute atomic E-state index is 0.239. The molecule has 0 aromatic carbocycles. The van der Waals surface area contributed by atoms with E-state index in [-0.39, 0.29) is 6.04 Å². The van der Waals surface area contributed by atoms with Gasteiger partial charge in [-0.1, -0.05) is 37.8 Å². The minimum Gasteiger partial charge on any atom is -0.383 e. The maximum atomic E-state index is 6.09. The highest BCUT2D eigenvalue weighted by atomic mass is 35.5. The number of hydrogen-bond donors (Lipinski definition) is 2. The molecule has 1 fully saturated rings. The maximum absolute atomic E-state index is 6.09. The van der Waals surface area contributed by atoms with Gasteiger partial charge in [0.1, 0.15) is 5.82 Å². The number of thioether (sulfide) groups is 1. The van der Waals surface area contributed by atoms with E-state index >= 15 is 0 Å². The van der Waals surface area contributed by atoms with Crippen LogP contribution in [0.2, 0.25) is 5.02 Å². The molecule has 1 heterocycles. The molecule has 1 aromatic rings. The average molecular weight is 328 g/mol. The second-order valence-electron chi connectivity index (χ2n) is 5.73. The van der Waals surface area contributed by atoms with Crippen LogP contribution in [-0.4, -0.2) is 22.5 Å². The number of nitrogens with one attached hydrogen (secondary N) is 1. The van der Waals surface area contributed by atoms with Crippen LogP contribution in [0.5, 0.6) is 0 Å². The first-order valence-electron chi connectivity index (χ1n) is 7.96. The second-order valence-corrected chi connectivity index (χ2v) is 7.50. The Balaban J connectivity index is 2.00. The van der Waals surface area contributed by atoms with E-state index in [1.54, 1.807) is 6.20 Å². The van der Waals surface area contributed by atoms with E-state index in [4.69, 9.17) is 17.3 Å². The van der Waals surface area contributed by atoms with Gasteiger partial charge in [-0.2, -0.15) is 11.8 Å². The zero-order valence-electron chi connectivity index (χ0n) is 12.8. The lowest BCUT2D eigenvalue weighted by Crippen LogP contribution is -2.26. The number of hydrogen-bond acceptors (Lipinski definition) is 4. The molecule has 3 N–H and O–H groups in total. The second kappa shape index (κ2) is 8.86. The summed E-state index contributed by atoms with van der Waals surface area (Å²) in [6.07, 6.45) is 9.60. The van der Waals surface area contributed by atoms with Crippen molar-refractivity contribution in [1.82, 2.24) is 10.3 Å². The summed E-state index contributed by atoms with van der Waals surface area (Å²) in [5, 5.41) is 5.06. The first-order valence-corrected chi connectivity index (χ1v) is 9.39. The van der Waals surface area contributed by atoms with Gasteiger partial charge in [-0.05, 0) is 31.9 Å². The summed E-state index contributed by atoms with van der Waals surface area (Å²) < 4.78 is 0. The third-order valence-electron chi connectivity index (χ3n) is 3.98. The van der Waals surface area contributed by atoms with Crippen molar-refractivity contribution in [3.8, 4) is 0 Å². The molecule has 5 heteroatoms. The first-order chi connectivity index (χ1) is 10.2. The van der Waals surface area contributed by atoms with E-state index in [0.717, 1.165) is 29.5 Å². The normalized spacial score (nSPS) is 17.8. The van der Waals surface area contributed by atoms with E-state index < -0.39 is 0 Å². The quantitative estimate of drug-likeness (QED) is 0.778. The molecule has 2 rings (SSSR count). The van der Waals surface area contributed by atoms with Crippen molar-refractivity contribution in [2.24, 2.45) is 0 Å². The predicted molar refractivity (Wildman–Crippen MR) is 94.0 cm³/mol. The van der Waals surface area contributed by atoms with Gasteiger partial charge in [0.15, 0.2) is 0 Å². The van der Waals surface area contributed by atoms with Gasteiger partial charge in [0.25, 0.3) is 0 Å². The summed E-state index contributed by atoms with van der Waals surface area (Å²) in [6, 6.07) is 2.20. The molecule has 0 bridgehead atoms. The van der Waals surface area contributed by atoms with Crippen LogP contribution in [0.3, 0.4) is 0 Å². The van der Waals surface area contributed by atoms with E-state index in [1.807, 2.05) is 6.07 Å². The van der Waals surface area contributed by atoms with Gasteiger partial charge in [-0.3, -0.25) is 0 Å². The van der Waals surface area contributed by atoms with Gasteiger partial charge >= 0.3 is 0 Å². The number of rotatable bonds is 7. The molecule has 0 spiro atoms. The van der Waals surface area contributed by atoms with E-state index in [1.165, 1.54) is 32.1 Å². The monoisotopic (exact) mass is 327 g/mol. The summed E-state index contributed by atoms with van der Waals surface area (Å²) in [7, 11) is 0. The van der Waals surface area contributed by atoms with Gasteiger partial charge < -0.3 is 11.1 Å². The lowest BCUT2D eigenvalue weighted by molar-refractivity contribution is 0.513. The summed E-state index contributed by atoms with van der Waals surface area (Å²) in [4.78, 5) is 4.20. The van der Waals surface area contributed by atoms with Gasteiger partial charge in [0.05, 0.1) is 5.02 Å². The summed E-state index contributed by atoms with van der Waals surface area (Å²) in [6.45, 7) is 3.17. The van der Waals surface area contributed by atoms with Gasteiger partial charge in [-0.15, -0.1) is 0 Å². The molecule has 1 aromatic heterocycles. The van der Waals surface area contributed by atoms with Crippen molar-refractivity contribution in [2.45, 2.75) is 56.7 Å². The smallest absolute Gasteiger partial charge is 0.128 e. The van der Waals surface area contributed by atoms with Crippen molar-refractivity contribution in [3.63, 3.8) is 0 Å². The molecule has 1 unspecified atom stereocenters. The highest BCUT2D eigenvalue weighted by molar-refractivity contribution is 7.99. The van der Waals surface area contributed by atoms with Crippen LogP contribution >= 0.6 is 23.4 Å². The number of halogens is 1. The molecule has 21 heavy (non-hydrogen) atoms. The zero-order chi connectivity index (χ0) is 15.1. The number of nitrogen functional groups attached to an aromatic ring is 1. The van der Waals surface area contributed by atoms with Crippen LogP contribution in [0.1, 0.15) is 57.1 Å². The van der Waals surface area contributed by atoms with E-state index in [2.05, 4.69) is 29.0 Å². The highest BCUT2D eigenvalue weighted by Gasteiger charge is 2.19. The molecule has 0 aliphatic heterocycles. The topological polar surface area (TPSA) is 50.9 Å². The molecule has 3 nitrogen and oxygen atoms in total.